The first-order valence-electron chi connectivity index (χ1n) is 27.9. The Kier molecular flexibility index (Phi) is 52.4. The van der Waals surface area contributed by atoms with Crippen LogP contribution in [0.1, 0.15) is 245 Å². The molecule has 0 aromatic carbocycles. The van der Waals surface area contributed by atoms with E-state index in [-0.39, 0.29) is 44.0 Å². The van der Waals surface area contributed by atoms with E-state index in [2.05, 4.69) is 130 Å². The first kappa shape index (κ1) is 64.1. The number of ether oxygens (including phenoxy) is 3. The van der Waals surface area contributed by atoms with Crippen molar-refractivity contribution >= 4 is 17.9 Å². The van der Waals surface area contributed by atoms with Gasteiger partial charge in [0.1, 0.15) is 13.2 Å². The molecule has 0 amide bonds. The van der Waals surface area contributed by atoms with Crippen LogP contribution in [0.25, 0.3) is 0 Å². The molecule has 0 N–H and O–H groups in total. The molecule has 0 spiro atoms. The Hall–Kier alpha value is -3.93. The molecule has 0 radical (unpaired) electrons. The topological polar surface area (TPSA) is 78.9 Å². The van der Waals surface area contributed by atoms with Crippen LogP contribution in [0.3, 0.4) is 0 Å². The van der Waals surface area contributed by atoms with Crippen LogP contribution in [0.2, 0.25) is 0 Å². The van der Waals surface area contributed by atoms with Crippen molar-refractivity contribution in [2.45, 2.75) is 252 Å². The van der Waals surface area contributed by atoms with Gasteiger partial charge in [-0.05, 0) is 96.3 Å². The van der Waals surface area contributed by atoms with E-state index in [1.54, 1.807) is 0 Å². The minimum Gasteiger partial charge on any atom is -0.462 e. The monoisotopic (exact) mass is 943 g/mol. The summed E-state index contributed by atoms with van der Waals surface area (Å²) in [4.78, 5) is 38.1. The summed E-state index contributed by atoms with van der Waals surface area (Å²) in [5.41, 5.74) is 0. The normalized spacial score (nSPS) is 12.9. The molecule has 0 aliphatic carbocycles. The summed E-state index contributed by atoms with van der Waals surface area (Å²) in [7, 11) is 0. The van der Waals surface area contributed by atoms with Crippen molar-refractivity contribution in [3.05, 3.63) is 109 Å². The predicted molar refractivity (Wildman–Crippen MR) is 293 cm³/mol. The summed E-state index contributed by atoms with van der Waals surface area (Å²) in [6.45, 7) is 6.41. The lowest BCUT2D eigenvalue weighted by Crippen LogP contribution is -2.30. The SMILES string of the molecule is CC/C=C\C/C=C\C/C=C\C/C=C\C/C=C\CCCC(=O)OC[C@@H](COC(=O)CCCCCCCCCCCCCCCCCC)OC(=O)CCC/C=C\C/C=C\C/C=C\C/C=C\CCCCC. The Balaban J connectivity index is 4.56. The smallest absolute Gasteiger partial charge is 0.306 e. The van der Waals surface area contributed by atoms with Crippen LogP contribution in [0, 0.1) is 0 Å². The number of unbranched alkanes of at least 4 members (excludes halogenated alkanes) is 20. The minimum atomic E-state index is -0.830. The van der Waals surface area contributed by atoms with Gasteiger partial charge in [-0.1, -0.05) is 239 Å². The van der Waals surface area contributed by atoms with Crippen LogP contribution in [0.5, 0.6) is 0 Å². The van der Waals surface area contributed by atoms with Crippen LogP contribution in [-0.2, 0) is 28.6 Å². The lowest BCUT2D eigenvalue weighted by molar-refractivity contribution is -0.167. The molecule has 0 bridgehead atoms. The fraction of sp³-hybridized carbons (Fsp3) is 0.661. The minimum absolute atomic E-state index is 0.117. The molecule has 0 aliphatic heterocycles. The molecule has 386 valence electrons. The van der Waals surface area contributed by atoms with Gasteiger partial charge < -0.3 is 14.2 Å². The largest absolute Gasteiger partial charge is 0.462 e. The van der Waals surface area contributed by atoms with Crippen molar-refractivity contribution < 1.29 is 28.6 Å². The van der Waals surface area contributed by atoms with E-state index < -0.39 is 6.10 Å². The van der Waals surface area contributed by atoms with Gasteiger partial charge in [-0.15, -0.1) is 0 Å². The first-order chi connectivity index (χ1) is 33.5. The highest BCUT2D eigenvalue weighted by Crippen LogP contribution is 2.15. The lowest BCUT2D eigenvalue weighted by atomic mass is 10.0. The molecular weight excluding hydrogens is 841 g/mol. The molecule has 0 saturated carbocycles. The zero-order valence-corrected chi connectivity index (χ0v) is 44.1. The Labute approximate surface area is 419 Å². The zero-order valence-electron chi connectivity index (χ0n) is 44.1. The molecule has 0 heterocycles. The van der Waals surface area contributed by atoms with Crippen LogP contribution in [0.15, 0.2) is 109 Å². The molecule has 0 aromatic rings. The maximum absolute atomic E-state index is 12.8. The highest BCUT2D eigenvalue weighted by atomic mass is 16.6. The second-order valence-electron chi connectivity index (χ2n) is 18.1. The molecular formula is C62H102O6. The zero-order chi connectivity index (χ0) is 49.3. The number of rotatable bonds is 49. The Morgan fingerprint density at radius 3 is 0.956 bits per heavy atom. The average molecular weight is 943 g/mol. The maximum atomic E-state index is 12.8. The molecule has 6 heteroatoms. The van der Waals surface area contributed by atoms with Gasteiger partial charge in [0.25, 0.3) is 0 Å². The van der Waals surface area contributed by atoms with Crippen LogP contribution < -0.4 is 0 Å². The number of esters is 3. The summed E-state index contributed by atoms with van der Waals surface area (Å²) in [6, 6.07) is 0. The van der Waals surface area contributed by atoms with E-state index in [4.69, 9.17) is 14.2 Å². The molecule has 0 saturated heterocycles. The second-order valence-corrected chi connectivity index (χ2v) is 18.1. The van der Waals surface area contributed by atoms with Crippen molar-refractivity contribution in [1.29, 1.82) is 0 Å². The van der Waals surface area contributed by atoms with E-state index in [0.29, 0.717) is 19.3 Å². The number of allylic oxidation sites excluding steroid dienone is 18. The molecule has 0 aliphatic rings. The summed E-state index contributed by atoms with van der Waals surface area (Å²) in [6.07, 6.45) is 75.1. The van der Waals surface area contributed by atoms with Crippen molar-refractivity contribution in [3.8, 4) is 0 Å². The number of carbonyl (C=O) groups is 3. The van der Waals surface area contributed by atoms with E-state index in [0.717, 1.165) is 83.5 Å². The fourth-order valence-electron chi connectivity index (χ4n) is 7.35. The Bertz CT molecular complexity index is 1410. The van der Waals surface area contributed by atoms with E-state index in [9.17, 15) is 14.4 Å². The third-order valence-electron chi connectivity index (χ3n) is 11.5. The molecule has 6 nitrogen and oxygen atoms in total. The Morgan fingerprint density at radius 1 is 0.309 bits per heavy atom. The number of hydrogen-bond acceptors (Lipinski definition) is 6. The first-order valence-corrected chi connectivity index (χ1v) is 27.9. The van der Waals surface area contributed by atoms with Crippen LogP contribution in [-0.4, -0.2) is 37.2 Å². The fourth-order valence-corrected chi connectivity index (χ4v) is 7.35. The average Bonchev–Trinajstić information content (AvgIpc) is 3.34. The number of carbonyl (C=O) groups excluding carboxylic acids is 3. The standard InChI is InChI=1S/C62H102O6/c1-4-7-10-13-16-19-22-25-28-31-34-37-40-43-46-49-52-55-61(64)67-58-59(57-66-60(63)54-51-48-45-42-39-36-33-30-27-24-21-18-15-12-9-6-3)68-62(65)56-53-50-47-44-41-38-35-32-29-26-23-20-17-14-11-8-5-2/h7,10,16-17,19-20,25-26,28-29,34-35,37-38,43-44,46-47,59H,4-6,8-9,11-15,18,21-24,27,30-33,36,39-42,45,48-58H2,1-3H3/b10-7-,19-16-,20-17-,28-25-,29-26-,37-34-,38-35-,46-43-,47-44-/t59-/m1/s1. The van der Waals surface area contributed by atoms with Gasteiger partial charge in [0, 0.05) is 19.3 Å². The summed E-state index contributed by atoms with van der Waals surface area (Å²) < 4.78 is 16.7. The summed E-state index contributed by atoms with van der Waals surface area (Å²) in [5.74, 6) is -1.03. The van der Waals surface area contributed by atoms with Crippen LogP contribution in [0.4, 0.5) is 0 Å². The van der Waals surface area contributed by atoms with Gasteiger partial charge in [0.2, 0.25) is 0 Å². The quantitative estimate of drug-likeness (QED) is 0.0262. The molecule has 0 rings (SSSR count). The highest BCUT2D eigenvalue weighted by Gasteiger charge is 2.19. The van der Waals surface area contributed by atoms with Gasteiger partial charge in [0.15, 0.2) is 6.10 Å². The van der Waals surface area contributed by atoms with Gasteiger partial charge in [-0.2, -0.15) is 0 Å². The number of hydrogen-bond donors (Lipinski definition) is 0. The lowest BCUT2D eigenvalue weighted by Gasteiger charge is -2.18. The van der Waals surface area contributed by atoms with Crippen molar-refractivity contribution in [2.75, 3.05) is 13.2 Å². The van der Waals surface area contributed by atoms with Gasteiger partial charge >= 0.3 is 17.9 Å². The second kappa shape index (κ2) is 55.7. The molecule has 0 aromatic heterocycles. The van der Waals surface area contributed by atoms with Gasteiger partial charge in [0.05, 0.1) is 0 Å². The van der Waals surface area contributed by atoms with Gasteiger partial charge in [-0.3, -0.25) is 14.4 Å². The predicted octanol–water partition coefficient (Wildman–Crippen LogP) is 18.7. The van der Waals surface area contributed by atoms with Crippen molar-refractivity contribution in [1.82, 2.24) is 0 Å². The third-order valence-corrected chi connectivity index (χ3v) is 11.5. The molecule has 0 fully saturated rings. The van der Waals surface area contributed by atoms with Crippen molar-refractivity contribution in [2.24, 2.45) is 0 Å². The van der Waals surface area contributed by atoms with E-state index in [1.807, 2.05) is 0 Å². The highest BCUT2D eigenvalue weighted by molar-refractivity contribution is 5.71. The summed E-state index contributed by atoms with van der Waals surface area (Å²) >= 11 is 0. The van der Waals surface area contributed by atoms with Crippen molar-refractivity contribution in [3.63, 3.8) is 0 Å². The van der Waals surface area contributed by atoms with E-state index in [1.165, 1.54) is 109 Å². The van der Waals surface area contributed by atoms with Crippen LogP contribution >= 0.6 is 0 Å². The molecule has 0 unspecified atom stereocenters. The van der Waals surface area contributed by atoms with E-state index >= 15 is 0 Å². The maximum Gasteiger partial charge on any atom is 0.306 e. The van der Waals surface area contributed by atoms with Gasteiger partial charge in [-0.25, -0.2) is 0 Å². The molecule has 1 atom stereocenters. The Morgan fingerprint density at radius 2 is 0.588 bits per heavy atom. The third kappa shape index (κ3) is 53.0. The molecule has 68 heavy (non-hydrogen) atoms. The summed E-state index contributed by atoms with van der Waals surface area (Å²) in [5, 5.41) is 0.